The average Bonchev–Trinajstić information content (AvgIpc) is 2.01. The van der Waals surface area contributed by atoms with Gasteiger partial charge in [0.15, 0.2) is 11.5 Å². The summed E-state index contributed by atoms with van der Waals surface area (Å²) < 4.78 is 0. The van der Waals surface area contributed by atoms with Crippen molar-refractivity contribution in [3.63, 3.8) is 0 Å². The molecule has 0 aromatic heterocycles. The van der Waals surface area contributed by atoms with Crippen molar-refractivity contribution in [3.8, 4) is 11.5 Å². The third-order valence-corrected chi connectivity index (χ3v) is 1.82. The van der Waals surface area contributed by atoms with E-state index in [9.17, 15) is 10.2 Å². The van der Waals surface area contributed by atoms with Crippen molar-refractivity contribution in [3.05, 3.63) is 23.3 Å². The Kier molecular flexibility index (Phi) is 2.03. The first-order chi connectivity index (χ1) is 5.16. The minimum atomic E-state index is 0.00403. The van der Waals surface area contributed by atoms with Gasteiger partial charge in [0.05, 0.1) is 0 Å². The molecule has 2 N–H and O–H groups in total. The quantitative estimate of drug-likeness (QED) is 0.604. The topological polar surface area (TPSA) is 40.5 Å². The van der Waals surface area contributed by atoms with Crippen molar-refractivity contribution in [2.75, 3.05) is 0 Å². The number of hydrogen-bond donors (Lipinski definition) is 2. The molecule has 0 aliphatic heterocycles. The maximum Gasteiger partial charge on any atom is 0.160 e. The molecule has 2 nitrogen and oxygen atoms in total. The second-order valence-electron chi connectivity index (χ2n) is 2.59. The predicted molar refractivity (Wildman–Crippen MR) is 43.9 cm³/mol. The number of aryl methyl sites for hydroxylation is 2. The van der Waals surface area contributed by atoms with Crippen LogP contribution >= 0.6 is 0 Å². The van der Waals surface area contributed by atoms with E-state index in [1.54, 1.807) is 13.0 Å². The smallest absolute Gasteiger partial charge is 0.160 e. The van der Waals surface area contributed by atoms with Crippen molar-refractivity contribution in [1.29, 1.82) is 0 Å². The molecular formula is C9H12O2. The molecule has 11 heavy (non-hydrogen) atoms. The Bertz CT molecular complexity index is 267. The summed E-state index contributed by atoms with van der Waals surface area (Å²) in [5, 5.41) is 18.6. The van der Waals surface area contributed by atoms with E-state index < -0.39 is 0 Å². The standard InChI is InChI=1S/C9H12O2/c1-3-7-5-4-6(2)8(10)9(7)11/h4-5,10-11H,3H2,1-2H3. The third kappa shape index (κ3) is 1.29. The van der Waals surface area contributed by atoms with Gasteiger partial charge in [-0.3, -0.25) is 0 Å². The van der Waals surface area contributed by atoms with Gasteiger partial charge >= 0.3 is 0 Å². The maximum absolute atomic E-state index is 9.33. The lowest BCUT2D eigenvalue weighted by atomic mass is 10.1. The fourth-order valence-electron chi connectivity index (χ4n) is 1.01. The molecular weight excluding hydrogens is 140 g/mol. The molecule has 0 radical (unpaired) electrons. The molecule has 2 heteroatoms. The van der Waals surface area contributed by atoms with Crippen LogP contribution in [0.3, 0.4) is 0 Å². The van der Waals surface area contributed by atoms with E-state index in [1.807, 2.05) is 13.0 Å². The van der Waals surface area contributed by atoms with Crippen LogP contribution in [0.4, 0.5) is 0 Å². The lowest BCUT2D eigenvalue weighted by Gasteiger charge is -2.05. The van der Waals surface area contributed by atoms with Gasteiger partial charge < -0.3 is 10.2 Å². The van der Waals surface area contributed by atoms with Gasteiger partial charge in [0.2, 0.25) is 0 Å². The lowest BCUT2D eigenvalue weighted by Crippen LogP contribution is -1.83. The maximum atomic E-state index is 9.33. The van der Waals surface area contributed by atoms with E-state index in [-0.39, 0.29) is 11.5 Å². The van der Waals surface area contributed by atoms with Gasteiger partial charge in [-0.25, -0.2) is 0 Å². The molecule has 1 aromatic carbocycles. The molecule has 0 atom stereocenters. The fraction of sp³-hybridized carbons (Fsp3) is 0.333. The second kappa shape index (κ2) is 2.82. The van der Waals surface area contributed by atoms with Crippen LogP contribution < -0.4 is 0 Å². The number of phenolic OH excluding ortho intramolecular Hbond substituents is 2. The molecule has 60 valence electrons. The van der Waals surface area contributed by atoms with E-state index in [4.69, 9.17) is 0 Å². The van der Waals surface area contributed by atoms with Crippen LogP contribution in [0.25, 0.3) is 0 Å². The van der Waals surface area contributed by atoms with Crippen molar-refractivity contribution in [2.24, 2.45) is 0 Å². The summed E-state index contributed by atoms with van der Waals surface area (Å²) in [6.07, 6.45) is 0.736. The summed E-state index contributed by atoms with van der Waals surface area (Å²) in [7, 11) is 0. The van der Waals surface area contributed by atoms with Gasteiger partial charge in [-0.05, 0) is 24.5 Å². The van der Waals surface area contributed by atoms with E-state index in [1.165, 1.54) is 0 Å². The van der Waals surface area contributed by atoms with E-state index in [0.29, 0.717) is 5.56 Å². The molecule has 0 bridgehead atoms. The highest BCUT2D eigenvalue weighted by molar-refractivity contribution is 5.49. The first kappa shape index (κ1) is 7.92. The minimum Gasteiger partial charge on any atom is -0.504 e. The summed E-state index contributed by atoms with van der Waals surface area (Å²) in [6.45, 7) is 3.69. The molecule has 0 saturated heterocycles. The molecule has 1 aromatic rings. The summed E-state index contributed by atoms with van der Waals surface area (Å²) in [5.41, 5.74) is 1.49. The van der Waals surface area contributed by atoms with Crippen molar-refractivity contribution in [1.82, 2.24) is 0 Å². The second-order valence-corrected chi connectivity index (χ2v) is 2.59. The number of hydrogen-bond acceptors (Lipinski definition) is 2. The van der Waals surface area contributed by atoms with Gasteiger partial charge in [-0.1, -0.05) is 19.1 Å². The highest BCUT2D eigenvalue weighted by Crippen LogP contribution is 2.31. The van der Waals surface area contributed by atoms with Gasteiger partial charge in [0, 0.05) is 0 Å². The van der Waals surface area contributed by atoms with Crippen molar-refractivity contribution < 1.29 is 10.2 Å². The van der Waals surface area contributed by atoms with Crippen LogP contribution in [0.15, 0.2) is 12.1 Å². The lowest BCUT2D eigenvalue weighted by molar-refractivity contribution is 0.397. The van der Waals surface area contributed by atoms with E-state index in [0.717, 1.165) is 12.0 Å². The molecule has 0 aliphatic rings. The number of rotatable bonds is 1. The predicted octanol–water partition coefficient (Wildman–Crippen LogP) is 1.97. The first-order valence-corrected chi connectivity index (χ1v) is 3.67. The minimum absolute atomic E-state index is 0.00403. The molecule has 0 spiro atoms. The first-order valence-electron chi connectivity index (χ1n) is 3.67. The van der Waals surface area contributed by atoms with Crippen LogP contribution in [-0.4, -0.2) is 10.2 Å². The Morgan fingerprint density at radius 1 is 1.18 bits per heavy atom. The Balaban J connectivity index is 3.25. The van der Waals surface area contributed by atoms with Crippen LogP contribution in [0.1, 0.15) is 18.1 Å². The summed E-state index contributed by atoms with van der Waals surface area (Å²) in [4.78, 5) is 0. The Labute approximate surface area is 66.1 Å². The third-order valence-electron chi connectivity index (χ3n) is 1.82. The number of benzene rings is 1. The zero-order chi connectivity index (χ0) is 8.43. The summed E-state index contributed by atoms with van der Waals surface area (Å²) in [6, 6.07) is 3.62. The molecule has 0 aliphatic carbocycles. The van der Waals surface area contributed by atoms with Crippen LogP contribution in [-0.2, 0) is 6.42 Å². The van der Waals surface area contributed by atoms with E-state index >= 15 is 0 Å². The monoisotopic (exact) mass is 152 g/mol. The average molecular weight is 152 g/mol. The summed E-state index contributed by atoms with van der Waals surface area (Å²) in [5.74, 6) is 0.0249. The van der Waals surface area contributed by atoms with Crippen molar-refractivity contribution in [2.45, 2.75) is 20.3 Å². The van der Waals surface area contributed by atoms with Crippen LogP contribution in [0.2, 0.25) is 0 Å². The zero-order valence-electron chi connectivity index (χ0n) is 6.76. The molecule has 0 heterocycles. The Morgan fingerprint density at radius 2 is 1.82 bits per heavy atom. The molecule has 0 fully saturated rings. The van der Waals surface area contributed by atoms with Crippen LogP contribution in [0, 0.1) is 6.92 Å². The highest BCUT2D eigenvalue weighted by atomic mass is 16.3. The normalized spacial score (nSPS) is 10.0. The van der Waals surface area contributed by atoms with Gasteiger partial charge in [-0.2, -0.15) is 0 Å². The van der Waals surface area contributed by atoms with Crippen LogP contribution in [0.5, 0.6) is 11.5 Å². The number of phenols is 2. The molecule has 1 rings (SSSR count). The molecule has 0 unspecified atom stereocenters. The zero-order valence-corrected chi connectivity index (χ0v) is 6.76. The highest BCUT2D eigenvalue weighted by Gasteiger charge is 2.06. The largest absolute Gasteiger partial charge is 0.504 e. The summed E-state index contributed by atoms with van der Waals surface area (Å²) >= 11 is 0. The van der Waals surface area contributed by atoms with Gasteiger partial charge in [0.1, 0.15) is 0 Å². The van der Waals surface area contributed by atoms with Gasteiger partial charge in [-0.15, -0.1) is 0 Å². The number of aromatic hydroxyl groups is 2. The SMILES string of the molecule is CCc1ccc(C)c(O)c1O. The Hall–Kier alpha value is -1.18. The fourth-order valence-corrected chi connectivity index (χ4v) is 1.01. The molecule has 0 saturated carbocycles. The molecule has 0 amide bonds. The van der Waals surface area contributed by atoms with E-state index in [2.05, 4.69) is 0 Å². The Morgan fingerprint density at radius 3 is 2.36 bits per heavy atom. The van der Waals surface area contributed by atoms with Crippen molar-refractivity contribution >= 4 is 0 Å². The van der Waals surface area contributed by atoms with Gasteiger partial charge in [0.25, 0.3) is 0 Å².